The van der Waals surface area contributed by atoms with Gasteiger partial charge in [-0.15, -0.1) is 0 Å². The van der Waals surface area contributed by atoms with Gasteiger partial charge in [-0.1, -0.05) is 47.0 Å². The monoisotopic (exact) mass is 340 g/mol. The lowest BCUT2D eigenvalue weighted by molar-refractivity contribution is -0.143. The maximum absolute atomic E-state index is 12.0. The fraction of sp³-hybridized carbons (Fsp3) is 0.500. The molecule has 0 saturated heterocycles. The fourth-order valence-electron chi connectivity index (χ4n) is 1.96. The zero-order valence-electron chi connectivity index (χ0n) is 11.9. The number of unbranched alkanes of at least 4 members (excludes halogenated alkanes) is 3. The Labute approximate surface area is 128 Å². The Bertz CT molecular complexity index is 443. The van der Waals surface area contributed by atoms with E-state index in [1.165, 1.54) is 0 Å². The highest BCUT2D eigenvalue weighted by atomic mass is 79.9. The summed E-state index contributed by atoms with van der Waals surface area (Å²) in [6.45, 7) is 2.25. The number of Topliss-reactive ketones (excluding diaryl/α,β-unsaturated/α-hetero) is 1. The number of halogens is 1. The molecule has 0 aliphatic heterocycles. The van der Waals surface area contributed by atoms with Crippen molar-refractivity contribution < 1.29 is 14.3 Å². The zero-order chi connectivity index (χ0) is 14.8. The number of ether oxygens (including phenoxy) is 1. The molecule has 0 saturated carbocycles. The van der Waals surface area contributed by atoms with Gasteiger partial charge in [0.25, 0.3) is 0 Å². The van der Waals surface area contributed by atoms with Crippen molar-refractivity contribution in [1.82, 2.24) is 0 Å². The number of hydrogen-bond acceptors (Lipinski definition) is 3. The van der Waals surface area contributed by atoms with Crippen molar-refractivity contribution in [2.24, 2.45) is 0 Å². The third-order valence-corrected chi connectivity index (χ3v) is 3.71. The topological polar surface area (TPSA) is 43.4 Å². The standard InChI is InChI=1S/C16H21BrO3/c1-2-20-16(19)12-6-4-3-5-11-15(18)13-9-7-8-10-14(13)17/h7-10H,2-6,11-12H2,1H3. The van der Waals surface area contributed by atoms with Crippen LogP contribution in [0.15, 0.2) is 28.7 Å². The van der Waals surface area contributed by atoms with E-state index in [1.54, 1.807) is 0 Å². The average Bonchev–Trinajstić information content (AvgIpc) is 2.43. The van der Waals surface area contributed by atoms with Crippen molar-refractivity contribution >= 4 is 27.7 Å². The van der Waals surface area contributed by atoms with Crippen molar-refractivity contribution in [2.75, 3.05) is 6.61 Å². The van der Waals surface area contributed by atoms with Crippen LogP contribution >= 0.6 is 15.9 Å². The zero-order valence-corrected chi connectivity index (χ0v) is 13.4. The molecule has 0 N–H and O–H groups in total. The van der Waals surface area contributed by atoms with E-state index in [2.05, 4.69) is 15.9 Å². The Kier molecular flexibility index (Phi) is 8.19. The highest BCUT2D eigenvalue weighted by Gasteiger charge is 2.08. The Balaban J connectivity index is 2.14. The SMILES string of the molecule is CCOC(=O)CCCCCCC(=O)c1ccccc1Br. The van der Waals surface area contributed by atoms with Gasteiger partial charge in [-0.25, -0.2) is 0 Å². The van der Waals surface area contributed by atoms with Crippen LogP contribution in [0.5, 0.6) is 0 Å². The van der Waals surface area contributed by atoms with Crippen molar-refractivity contribution in [3.63, 3.8) is 0 Å². The number of ketones is 1. The van der Waals surface area contributed by atoms with Gasteiger partial charge in [0.05, 0.1) is 6.61 Å². The number of esters is 1. The molecule has 0 radical (unpaired) electrons. The molecule has 110 valence electrons. The molecule has 1 aromatic carbocycles. The highest BCUT2D eigenvalue weighted by Crippen LogP contribution is 2.19. The molecule has 1 aromatic rings. The molecular weight excluding hydrogens is 320 g/mol. The first-order valence-electron chi connectivity index (χ1n) is 7.08. The molecule has 0 spiro atoms. The van der Waals surface area contributed by atoms with E-state index >= 15 is 0 Å². The van der Waals surface area contributed by atoms with Crippen molar-refractivity contribution in [3.8, 4) is 0 Å². The van der Waals surface area contributed by atoms with E-state index in [1.807, 2.05) is 31.2 Å². The molecule has 0 fully saturated rings. The molecule has 20 heavy (non-hydrogen) atoms. The Morgan fingerprint density at radius 2 is 1.70 bits per heavy atom. The smallest absolute Gasteiger partial charge is 0.305 e. The number of carbonyl (C=O) groups excluding carboxylic acids is 2. The Morgan fingerprint density at radius 1 is 1.05 bits per heavy atom. The minimum absolute atomic E-state index is 0.128. The summed E-state index contributed by atoms with van der Waals surface area (Å²) in [5.41, 5.74) is 0.749. The molecule has 0 unspecified atom stereocenters. The molecule has 0 aliphatic rings. The number of rotatable bonds is 9. The molecule has 1 rings (SSSR count). The van der Waals surface area contributed by atoms with Crippen LogP contribution in [0.2, 0.25) is 0 Å². The summed E-state index contributed by atoms with van der Waals surface area (Å²) in [4.78, 5) is 23.1. The molecule has 0 heterocycles. The summed E-state index contributed by atoms with van der Waals surface area (Å²) in [7, 11) is 0. The normalized spacial score (nSPS) is 10.3. The lowest BCUT2D eigenvalue weighted by Gasteiger charge is -2.04. The van der Waals surface area contributed by atoms with E-state index in [9.17, 15) is 9.59 Å². The maximum atomic E-state index is 12.0. The van der Waals surface area contributed by atoms with Gasteiger partial charge < -0.3 is 4.74 Å². The van der Waals surface area contributed by atoms with Crippen LogP contribution in [0.3, 0.4) is 0 Å². The maximum Gasteiger partial charge on any atom is 0.305 e. The third kappa shape index (κ3) is 6.33. The van der Waals surface area contributed by atoms with Gasteiger partial charge in [-0.05, 0) is 25.8 Å². The molecule has 0 amide bonds. The molecule has 4 heteroatoms. The van der Waals surface area contributed by atoms with Gasteiger partial charge in [0, 0.05) is 22.9 Å². The van der Waals surface area contributed by atoms with Gasteiger partial charge in [0.2, 0.25) is 0 Å². The minimum Gasteiger partial charge on any atom is -0.466 e. The molecular formula is C16H21BrO3. The summed E-state index contributed by atoms with van der Waals surface area (Å²) in [5, 5.41) is 0. The molecule has 0 aliphatic carbocycles. The van der Waals surface area contributed by atoms with Gasteiger partial charge in [-0.2, -0.15) is 0 Å². The lowest BCUT2D eigenvalue weighted by atomic mass is 10.0. The summed E-state index contributed by atoms with van der Waals surface area (Å²) in [6, 6.07) is 7.49. The summed E-state index contributed by atoms with van der Waals surface area (Å²) in [5.74, 6) is 0.0414. The summed E-state index contributed by atoms with van der Waals surface area (Å²) >= 11 is 3.39. The number of carbonyl (C=O) groups is 2. The highest BCUT2D eigenvalue weighted by molar-refractivity contribution is 9.10. The van der Waals surface area contributed by atoms with Crippen molar-refractivity contribution in [1.29, 1.82) is 0 Å². The van der Waals surface area contributed by atoms with Crippen molar-refractivity contribution in [2.45, 2.75) is 45.4 Å². The predicted octanol–water partition coefficient (Wildman–Crippen LogP) is 4.54. The van der Waals surface area contributed by atoms with Crippen LogP contribution in [0.25, 0.3) is 0 Å². The Hall–Kier alpha value is -1.16. The van der Waals surface area contributed by atoms with E-state index in [4.69, 9.17) is 4.74 Å². The van der Waals surface area contributed by atoms with Crippen LogP contribution < -0.4 is 0 Å². The van der Waals surface area contributed by atoms with Crippen LogP contribution in [-0.4, -0.2) is 18.4 Å². The van der Waals surface area contributed by atoms with Crippen LogP contribution in [-0.2, 0) is 9.53 Å². The van der Waals surface area contributed by atoms with Crippen LogP contribution in [0.1, 0.15) is 55.8 Å². The van der Waals surface area contributed by atoms with Crippen molar-refractivity contribution in [3.05, 3.63) is 34.3 Å². The average molecular weight is 341 g/mol. The minimum atomic E-state index is -0.128. The largest absolute Gasteiger partial charge is 0.466 e. The second kappa shape index (κ2) is 9.70. The summed E-state index contributed by atoms with van der Waals surface area (Å²) in [6.07, 6.45) is 4.66. The first-order chi connectivity index (χ1) is 9.65. The first-order valence-corrected chi connectivity index (χ1v) is 7.87. The van der Waals surface area contributed by atoms with Gasteiger partial charge >= 0.3 is 5.97 Å². The molecule has 0 aromatic heterocycles. The quantitative estimate of drug-likeness (QED) is 0.376. The molecule has 0 atom stereocenters. The Morgan fingerprint density at radius 3 is 2.35 bits per heavy atom. The number of benzene rings is 1. The van der Waals surface area contributed by atoms with Crippen LogP contribution in [0, 0.1) is 0 Å². The van der Waals surface area contributed by atoms with E-state index < -0.39 is 0 Å². The van der Waals surface area contributed by atoms with E-state index in [0.29, 0.717) is 19.4 Å². The second-order valence-corrected chi connectivity index (χ2v) is 5.48. The summed E-state index contributed by atoms with van der Waals surface area (Å²) < 4.78 is 5.71. The lowest BCUT2D eigenvalue weighted by Crippen LogP contribution is -2.03. The predicted molar refractivity (Wildman–Crippen MR) is 82.8 cm³/mol. The van der Waals surface area contributed by atoms with E-state index in [0.717, 1.165) is 35.7 Å². The van der Waals surface area contributed by atoms with Gasteiger partial charge in [-0.3, -0.25) is 9.59 Å². The number of hydrogen-bond donors (Lipinski definition) is 0. The van der Waals surface area contributed by atoms with Gasteiger partial charge in [0.1, 0.15) is 0 Å². The third-order valence-electron chi connectivity index (χ3n) is 3.01. The van der Waals surface area contributed by atoms with Crippen LogP contribution in [0.4, 0.5) is 0 Å². The van der Waals surface area contributed by atoms with Gasteiger partial charge in [0.15, 0.2) is 5.78 Å². The second-order valence-electron chi connectivity index (χ2n) is 4.62. The first kappa shape index (κ1) is 16.9. The fourth-order valence-corrected chi connectivity index (χ4v) is 2.47. The molecule has 3 nitrogen and oxygen atoms in total. The van der Waals surface area contributed by atoms with E-state index in [-0.39, 0.29) is 11.8 Å². The molecule has 0 bridgehead atoms.